The molecule has 1 aromatic carbocycles. The lowest BCUT2D eigenvalue weighted by Crippen LogP contribution is -1.89. The van der Waals surface area contributed by atoms with E-state index >= 15 is 0 Å². The maximum absolute atomic E-state index is 13.0. The third kappa shape index (κ3) is 2.20. The maximum atomic E-state index is 13.0. The molecule has 2 rings (SSSR count). The summed E-state index contributed by atoms with van der Waals surface area (Å²) in [4.78, 5) is 3.83. The Balaban J connectivity index is 2.22. The second-order valence-corrected chi connectivity index (χ2v) is 3.27. The Morgan fingerprint density at radius 3 is 3.00 bits per heavy atom. The summed E-state index contributed by atoms with van der Waals surface area (Å²) in [6.07, 6.45) is 1.27. The number of hydrogen-bond acceptors (Lipinski definition) is 4. The van der Waals surface area contributed by atoms with Crippen molar-refractivity contribution in [1.82, 2.24) is 4.98 Å². The van der Waals surface area contributed by atoms with E-state index in [-0.39, 0.29) is 12.7 Å². The number of aromatic nitrogens is 1. The second-order valence-electron chi connectivity index (χ2n) is 3.27. The van der Waals surface area contributed by atoms with Crippen LogP contribution in [-0.2, 0) is 6.61 Å². The third-order valence-electron chi connectivity index (χ3n) is 2.04. The first-order chi connectivity index (χ1) is 7.69. The highest BCUT2D eigenvalue weighted by molar-refractivity contribution is 5.34. The molecule has 5 heteroatoms. The zero-order valence-corrected chi connectivity index (χ0v) is 8.61. The van der Waals surface area contributed by atoms with Gasteiger partial charge in [-0.2, -0.15) is 4.98 Å². The first-order valence-electron chi connectivity index (χ1n) is 4.68. The maximum Gasteiger partial charge on any atom is 0.399 e. The molecule has 0 saturated carbocycles. The van der Waals surface area contributed by atoms with Crippen LogP contribution in [0.3, 0.4) is 0 Å². The minimum atomic E-state index is -0.394. The van der Waals surface area contributed by atoms with E-state index in [9.17, 15) is 4.39 Å². The highest BCUT2D eigenvalue weighted by Crippen LogP contribution is 2.25. The van der Waals surface area contributed by atoms with Crippen molar-refractivity contribution >= 4 is 0 Å². The fourth-order valence-electron chi connectivity index (χ4n) is 1.19. The number of oxazole rings is 1. The van der Waals surface area contributed by atoms with E-state index in [1.54, 1.807) is 13.0 Å². The van der Waals surface area contributed by atoms with Gasteiger partial charge in [-0.25, -0.2) is 4.39 Å². The monoisotopic (exact) mass is 223 g/mol. The molecule has 0 bridgehead atoms. The molecule has 0 aliphatic heterocycles. The molecule has 4 nitrogen and oxygen atoms in total. The highest BCUT2D eigenvalue weighted by Gasteiger charge is 2.08. The molecule has 0 unspecified atom stereocenters. The van der Waals surface area contributed by atoms with Crippen LogP contribution in [0.5, 0.6) is 11.8 Å². The Morgan fingerprint density at radius 1 is 1.50 bits per heavy atom. The molecule has 0 radical (unpaired) electrons. The van der Waals surface area contributed by atoms with E-state index in [0.717, 1.165) is 5.56 Å². The number of benzene rings is 1. The lowest BCUT2D eigenvalue weighted by atomic mass is 10.2. The molecule has 0 aliphatic carbocycles. The first kappa shape index (κ1) is 10.6. The van der Waals surface area contributed by atoms with E-state index in [1.165, 1.54) is 18.4 Å². The number of nitrogens with zero attached hydrogens (tertiary/aromatic N) is 1. The molecule has 2 aromatic rings. The Morgan fingerprint density at radius 2 is 2.31 bits per heavy atom. The topological polar surface area (TPSA) is 55.5 Å². The molecular formula is C11H10FNO3. The molecular weight excluding hydrogens is 213 g/mol. The van der Waals surface area contributed by atoms with Crippen molar-refractivity contribution in [1.29, 1.82) is 0 Å². The van der Waals surface area contributed by atoms with Crippen molar-refractivity contribution in [2.45, 2.75) is 13.5 Å². The van der Waals surface area contributed by atoms with Gasteiger partial charge < -0.3 is 14.3 Å². The Hall–Kier alpha value is -1.88. The summed E-state index contributed by atoms with van der Waals surface area (Å²) in [6, 6.07) is 4.19. The molecule has 0 saturated heterocycles. The Labute approximate surface area is 91.3 Å². The van der Waals surface area contributed by atoms with Crippen LogP contribution in [0.2, 0.25) is 0 Å². The number of rotatable bonds is 3. The molecule has 1 aromatic heterocycles. The van der Waals surface area contributed by atoms with Gasteiger partial charge in [0.2, 0.25) is 0 Å². The van der Waals surface area contributed by atoms with Crippen LogP contribution < -0.4 is 4.74 Å². The smallest absolute Gasteiger partial charge is 0.399 e. The molecule has 84 valence electrons. The van der Waals surface area contributed by atoms with Crippen LogP contribution >= 0.6 is 0 Å². The predicted molar refractivity (Wildman–Crippen MR) is 53.6 cm³/mol. The fraction of sp³-hybridized carbons (Fsp3) is 0.182. The van der Waals surface area contributed by atoms with E-state index in [4.69, 9.17) is 14.3 Å². The summed E-state index contributed by atoms with van der Waals surface area (Å²) in [5.41, 5.74) is 1.13. The lowest BCUT2D eigenvalue weighted by molar-refractivity contribution is 0.276. The van der Waals surface area contributed by atoms with Gasteiger partial charge in [-0.15, -0.1) is 0 Å². The van der Waals surface area contributed by atoms with Crippen molar-refractivity contribution in [3.05, 3.63) is 41.5 Å². The Bertz CT molecular complexity index is 496. The minimum Gasteiger partial charge on any atom is -0.417 e. The van der Waals surface area contributed by atoms with Crippen LogP contribution in [0.15, 0.2) is 28.9 Å². The van der Waals surface area contributed by atoms with E-state index in [1.807, 2.05) is 0 Å². The number of ether oxygens (including phenoxy) is 1. The minimum absolute atomic E-state index is 0.0160. The number of aliphatic hydroxyl groups excluding tert-OH is 1. The highest BCUT2D eigenvalue weighted by atomic mass is 19.1. The van der Waals surface area contributed by atoms with Crippen LogP contribution in [0.1, 0.15) is 11.3 Å². The molecule has 1 heterocycles. The average molecular weight is 223 g/mol. The number of hydrogen-bond donors (Lipinski definition) is 1. The van der Waals surface area contributed by atoms with Gasteiger partial charge in [-0.3, -0.25) is 0 Å². The summed E-state index contributed by atoms with van der Waals surface area (Å²) in [7, 11) is 0. The molecule has 0 amide bonds. The van der Waals surface area contributed by atoms with Gasteiger partial charge in [-0.1, -0.05) is 6.07 Å². The largest absolute Gasteiger partial charge is 0.417 e. The van der Waals surface area contributed by atoms with E-state index < -0.39 is 5.82 Å². The van der Waals surface area contributed by atoms with Crippen molar-refractivity contribution < 1.29 is 18.7 Å². The van der Waals surface area contributed by atoms with Crippen LogP contribution in [-0.4, -0.2) is 10.1 Å². The number of aliphatic hydroxyl groups is 1. The van der Waals surface area contributed by atoms with Crippen LogP contribution in [0.25, 0.3) is 0 Å². The quantitative estimate of drug-likeness (QED) is 0.868. The van der Waals surface area contributed by atoms with Crippen molar-refractivity contribution in [2.75, 3.05) is 0 Å². The number of halogens is 1. The fourth-order valence-corrected chi connectivity index (χ4v) is 1.19. The summed E-state index contributed by atoms with van der Waals surface area (Å²) in [6.45, 7) is 1.56. The van der Waals surface area contributed by atoms with Crippen molar-refractivity contribution in [3.63, 3.8) is 0 Å². The van der Waals surface area contributed by atoms with Gasteiger partial charge in [0.15, 0.2) is 0 Å². The van der Waals surface area contributed by atoms with Gasteiger partial charge in [0.05, 0.1) is 6.61 Å². The normalized spacial score (nSPS) is 10.4. The lowest BCUT2D eigenvalue weighted by Gasteiger charge is -2.03. The summed E-state index contributed by atoms with van der Waals surface area (Å²) in [5.74, 6) is -0.0547. The Kier molecular flexibility index (Phi) is 2.87. The van der Waals surface area contributed by atoms with Gasteiger partial charge in [0, 0.05) is 6.07 Å². The molecule has 16 heavy (non-hydrogen) atoms. The summed E-state index contributed by atoms with van der Waals surface area (Å²) < 4.78 is 23.1. The average Bonchev–Trinajstić information content (AvgIpc) is 2.71. The van der Waals surface area contributed by atoms with Gasteiger partial charge >= 0.3 is 6.08 Å². The predicted octanol–water partition coefficient (Wildman–Crippen LogP) is 2.41. The van der Waals surface area contributed by atoms with E-state index in [2.05, 4.69) is 4.98 Å². The van der Waals surface area contributed by atoms with Crippen LogP contribution in [0.4, 0.5) is 4.39 Å². The molecule has 0 atom stereocenters. The van der Waals surface area contributed by atoms with Crippen molar-refractivity contribution in [3.8, 4) is 11.8 Å². The SMILES string of the molecule is Cc1ccc(F)cc1Oc1nc(CO)co1. The molecule has 1 N–H and O–H groups in total. The standard InChI is InChI=1S/C11H10FNO3/c1-7-2-3-8(12)4-10(7)16-11-13-9(5-14)6-15-11/h2-4,6,14H,5H2,1H3. The van der Waals surface area contributed by atoms with Crippen LogP contribution in [0, 0.1) is 12.7 Å². The first-order valence-corrected chi connectivity index (χ1v) is 4.68. The molecule has 0 spiro atoms. The van der Waals surface area contributed by atoms with Gasteiger partial charge in [0.1, 0.15) is 23.5 Å². The number of aryl methyl sites for hydroxylation is 1. The van der Waals surface area contributed by atoms with Crippen molar-refractivity contribution in [2.24, 2.45) is 0 Å². The zero-order chi connectivity index (χ0) is 11.5. The van der Waals surface area contributed by atoms with E-state index in [0.29, 0.717) is 11.4 Å². The summed E-state index contributed by atoms with van der Waals surface area (Å²) in [5, 5.41) is 8.78. The molecule has 0 aliphatic rings. The second kappa shape index (κ2) is 4.32. The van der Waals surface area contributed by atoms with Gasteiger partial charge in [0.25, 0.3) is 0 Å². The molecule has 0 fully saturated rings. The van der Waals surface area contributed by atoms with Gasteiger partial charge in [-0.05, 0) is 18.6 Å². The summed E-state index contributed by atoms with van der Waals surface area (Å²) >= 11 is 0. The third-order valence-corrected chi connectivity index (χ3v) is 2.04. The zero-order valence-electron chi connectivity index (χ0n) is 8.61.